The predicted molar refractivity (Wildman–Crippen MR) is 65.8 cm³/mol. The number of hydrogen-bond acceptors (Lipinski definition) is 2. The molecular formula is C12H23N3O. The monoisotopic (exact) mass is 225 g/mol. The molecular weight excluding hydrogens is 202 g/mol. The van der Waals surface area contributed by atoms with E-state index in [1.54, 1.807) is 0 Å². The molecule has 0 bridgehead atoms. The maximum Gasteiger partial charge on any atom is 0.323 e. The van der Waals surface area contributed by atoms with Crippen LogP contribution in [0.4, 0.5) is 4.79 Å². The van der Waals surface area contributed by atoms with E-state index >= 15 is 0 Å². The van der Waals surface area contributed by atoms with Gasteiger partial charge in [-0.2, -0.15) is 0 Å². The van der Waals surface area contributed by atoms with Crippen molar-refractivity contribution < 1.29 is 4.79 Å². The summed E-state index contributed by atoms with van der Waals surface area (Å²) >= 11 is 0. The van der Waals surface area contributed by atoms with Crippen LogP contribution in [-0.2, 0) is 0 Å². The molecule has 92 valence electrons. The first-order valence-corrected chi connectivity index (χ1v) is 6.19. The van der Waals surface area contributed by atoms with Gasteiger partial charge in [-0.1, -0.05) is 26.7 Å². The van der Waals surface area contributed by atoms with Gasteiger partial charge in [-0.15, -0.1) is 0 Å². The van der Waals surface area contributed by atoms with Crippen molar-refractivity contribution in [1.82, 2.24) is 10.2 Å². The Balaban J connectivity index is 3.01. The average molecular weight is 225 g/mol. The summed E-state index contributed by atoms with van der Waals surface area (Å²) in [7, 11) is 0. The van der Waals surface area contributed by atoms with E-state index in [4.69, 9.17) is 5.41 Å². The second kappa shape index (κ2) is 4.85. The summed E-state index contributed by atoms with van der Waals surface area (Å²) in [5, 5.41) is 10.7. The standard InChI is InChI=1S/C12H23N3O/c1-5-7-8-12(6-2)10(13)14-11(16)15(12)9(3)4/h9H,5-8H2,1-4H3,(H2,13,14,16). The van der Waals surface area contributed by atoms with E-state index in [0.717, 1.165) is 25.7 Å². The molecule has 1 fully saturated rings. The van der Waals surface area contributed by atoms with E-state index in [-0.39, 0.29) is 17.6 Å². The molecule has 0 spiro atoms. The van der Waals surface area contributed by atoms with Gasteiger partial charge < -0.3 is 4.90 Å². The van der Waals surface area contributed by atoms with Crippen molar-refractivity contribution in [3.63, 3.8) is 0 Å². The van der Waals surface area contributed by atoms with Crippen molar-refractivity contribution in [3.8, 4) is 0 Å². The quantitative estimate of drug-likeness (QED) is 0.742. The van der Waals surface area contributed by atoms with E-state index in [1.165, 1.54) is 0 Å². The summed E-state index contributed by atoms with van der Waals surface area (Å²) < 4.78 is 0. The minimum atomic E-state index is -0.388. The average Bonchev–Trinajstić information content (AvgIpc) is 2.47. The van der Waals surface area contributed by atoms with Crippen molar-refractivity contribution in [2.24, 2.45) is 0 Å². The zero-order chi connectivity index (χ0) is 12.3. The van der Waals surface area contributed by atoms with Crippen LogP contribution in [0.2, 0.25) is 0 Å². The van der Waals surface area contributed by atoms with E-state index in [0.29, 0.717) is 5.84 Å². The molecule has 1 aliphatic heterocycles. The van der Waals surface area contributed by atoms with Crippen LogP contribution in [0.5, 0.6) is 0 Å². The maximum absolute atomic E-state index is 11.8. The fourth-order valence-corrected chi connectivity index (χ4v) is 2.57. The van der Waals surface area contributed by atoms with Crippen LogP contribution >= 0.6 is 0 Å². The van der Waals surface area contributed by atoms with Gasteiger partial charge in [0, 0.05) is 6.04 Å². The normalized spacial score (nSPS) is 25.4. The Hall–Kier alpha value is -1.06. The number of unbranched alkanes of at least 4 members (excludes halogenated alkanes) is 1. The third kappa shape index (κ3) is 1.93. The molecule has 16 heavy (non-hydrogen) atoms. The van der Waals surface area contributed by atoms with Crippen LogP contribution in [-0.4, -0.2) is 28.3 Å². The van der Waals surface area contributed by atoms with Gasteiger partial charge in [-0.3, -0.25) is 10.7 Å². The number of amidine groups is 1. The molecule has 0 aromatic carbocycles. The number of amides is 2. The lowest BCUT2D eigenvalue weighted by Crippen LogP contribution is -2.52. The van der Waals surface area contributed by atoms with Crippen LogP contribution in [0.1, 0.15) is 53.4 Å². The van der Waals surface area contributed by atoms with Gasteiger partial charge >= 0.3 is 6.03 Å². The Kier molecular flexibility index (Phi) is 3.94. The summed E-state index contributed by atoms with van der Waals surface area (Å²) in [4.78, 5) is 13.7. The first kappa shape index (κ1) is 13.0. The molecule has 2 amide bonds. The highest BCUT2D eigenvalue weighted by molar-refractivity contribution is 6.08. The van der Waals surface area contributed by atoms with Crippen LogP contribution in [0.15, 0.2) is 0 Å². The van der Waals surface area contributed by atoms with Crippen molar-refractivity contribution in [1.29, 1.82) is 5.41 Å². The fraction of sp³-hybridized carbons (Fsp3) is 0.833. The van der Waals surface area contributed by atoms with Gasteiger partial charge in [-0.05, 0) is 26.7 Å². The van der Waals surface area contributed by atoms with Crippen molar-refractivity contribution in [3.05, 3.63) is 0 Å². The van der Waals surface area contributed by atoms with Gasteiger partial charge in [0.05, 0.1) is 0 Å². The summed E-state index contributed by atoms with van der Waals surface area (Å²) in [5.41, 5.74) is -0.388. The Bertz CT molecular complexity index is 288. The minimum absolute atomic E-state index is 0.113. The lowest BCUT2D eigenvalue weighted by Gasteiger charge is -2.38. The van der Waals surface area contributed by atoms with Crippen molar-refractivity contribution in [2.45, 2.75) is 65.0 Å². The molecule has 0 aromatic rings. The van der Waals surface area contributed by atoms with E-state index in [9.17, 15) is 4.79 Å². The lowest BCUT2D eigenvalue weighted by molar-refractivity contribution is 0.138. The second-order valence-electron chi connectivity index (χ2n) is 4.76. The van der Waals surface area contributed by atoms with Gasteiger partial charge in [0.2, 0.25) is 0 Å². The summed E-state index contributed by atoms with van der Waals surface area (Å²) in [6.07, 6.45) is 3.84. The first-order chi connectivity index (χ1) is 7.49. The van der Waals surface area contributed by atoms with Crippen LogP contribution in [0, 0.1) is 5.41 Å². The fourth-order valence-electron chi connectivity index (χ4n) is 2.57. The Morgan fingerprint density at radius 2 is 2.06 bits per heavy atom. The maximum atomic E-state index is 11.8. The first-order valence-electron chi connectivity index (χ1n) is 6.19. The Morgan fingerprint density at radius 3 is 2.50 bits per heavy atom. The number of hydrogen-bond donors (Lipinski definition) is 2. The SMILES string of the molecule is CCCCC1(CC)C(=N)NC(=O)N1C(C)C. The molecule has 2 N–H and O–H groups in total. The highest BCUT2D eigenvalue weighted by atomic mass is 16.2. The Labute approximate surface area is 97.9 Å². The number of nitrogens with zero attached hydrogens (tertiary/aromatic N) is 1. The molecule has 0 aliphatic carbocycles. The lowest BCUT2D eigenvalue weighted by atomic mass is 9.87. The molecule has 1 rings (SSSR count). The van der Waals surface area contributed by atoms with Crippen LogP contribution in [0.25, 0.3) is 0 Å². The number of rotatable bonds is 5. The number of urea groups is 1. The zero-order valence-corrected chi connectivity index (χ0v) is 10.8. The van der Waals surface area contributed by atoms with Gasteiger partial charge in [0.1, 0.15) is 11.4 Å². The highest BCUT2D eigenvalue weighted by Crippen LogP contribution is 2.33. The molecule has 4 heteroatoms. The van der Waals surface area contributed by atoms with Gasteiger partial charge in [0.25, 0.3) is 0 Å². The van der Waals surface area contributed by atoms with Gasteiger partial charge in [-0.25, -0.2) is 4.79 Å². The number of nitrogens with one attached hydrogen (secondary N) is 2. The molecule has 1 aliphatic rings. The smallest absolute Gasteiger partial charge is 0.309 e. The summed E-state index contributed by atoms with van der Waals surface area (Å²) in [5.74, 6) is 0.377. The van der Waals surface area contributed by atoms with E-state index < -0.39 is 0 Å². The van der Waals surface area contributed by atoms with E-state index in [1.807, 2.05) is 18.7 Å². The van der Waals surface area contributed by atoms with Gasteiger partial charge in [0.15, 0.2) is 0 Å². The molecule has 4 nitrogen and oxygen atoms in total. The molecule has 1 heterocycles. The molecule has 0 aromatic heterocycles. The zero-order valence-electron chi connectivity index (χ0n) is 10.8. The van der Waals surface area contributed by atoms with E-state index in [2.05, 4.69) is 19.2 Å². The molecule has 0 saturated carbocycles. The Morgan fingerprint density at radius 1 is 1.44 bits per heavy atom. The minimum Gasteiger partial charge on any atom is -0.309 e. The second-order valence-corrected chi connectivity index (χ2v) is 4.76. The molecule has 1 atom stereocenters. The number of carbonyl (C=O) groups is 1. The molecule has 1 unspecified atom stereocenters. The van der Waals surface area contributed by atoms with Crippen LogP contribution in [0.3, 0.4) is 0 Å². The number of carbonyl (C=O) groups excluding carboxylic acids is 1. The third-order valence-electron chi connectivity index (χ3n) is 3.42. The van der Waals surface area contributed by atoms with Crippen molar-refractivity contribution in [2.75, 3.05) is 0 Å². The highest BCUT2D eigenvalue weighted by Gasteiger charge is 2.49. The molecule has 0 radical (unpaired) electrons. The molecule has 1 saturated heterocycles. The largest absolute Gasteiger partial charge is 0.323 e. The van der Waals surface area contributed by atoms with Crippen molar-refractivity contribution >= 4 is 11.9 Å². The third-order valence-corrected chi connectivity index (χ3v) is 3.42. The summed E-state index contributed by atoms with van der Waals surface area (Å²) in [6, 6.07) is 0.0256. The topological polar surface area (TPSA) is 56.2 Å². The predicted octanol–water partition coefficient (Wildman–Crippen LogP) is 2.74. The van der Waals surface area contributed by atoms with Crippen LogP contribution < -0.4 is 5.32 Å². The summed E-state index contributed by atoms with van der Waals surface area (Å²) in [6.45, 7) is 8.21.